The zero-order valence-corrected chi connectivity index (χ0v) is 12.8. The SMILES string of the molecule is COc1ccc(C(F)(F)F)cc1CNC(=O)NC1CC2(CC2)C1. The van der Waals surface area contributed by atoms with Crippen LogP contribution in [0.2, 0.25) is 0 Å². The highest BCUT2D eigenvalue weighted by Crippen LogP contribution is 2.60. The van der Waals surface area contributed by atoms with E-state index in [1.165, 1.54) is 26.0 Å². The summed E-state index contributed by atoms with van der Waals surface area (Å²) in [6, 6.07) is 3.06. The van der Waals surface area contributed by atoms with Gasteiger partial charge in [-0.3, -0.25) is 0 Å². The summed E-state index contributed by atoms with van der Waals surface area (Å²) >= 11 is 0. The highest BCUT2D eigenvalue weighted by Gasteiger charge is 2.53. The van der Waals surface area contributed by atoms with E-state index >= 15 is 0 Å². The Kier molecular flexibility index (Phi) is 3.90. The van der Waals surface area contributed by atoms with Gasteiger partial charge in [0, 0.05) is 18.2 Å². The summed E-state index contributed by atoms with van der Waals surface area (Å²) in [5, 5.41) is 5.45. The fourth-order valence-corrected chi connectivity index (χ4v) is 3.18. The Morgan fingerprint density at radius 3 is 2.61 bits per heavy atom. The Bertz CT molecular complexity index is 604. The molecule has 0 heterocycles. The van der Waals surface area contributed by atoms with Crippen molar-refractivity contribution >= 4 is 6.03 Å². The van der Waals surface area contributed by atoms with Gasteiger partial charge in [0.15, 0.2) is 0 Å². The number of benzene rings is 1. The van der Waals surface area contributed by atoms with Gasteiger partial charge in [-0.05, 0) is 49.3 Å². The van der Waals surface area contributed by atoms with Gasteiger partial charge in [-0.25, -0.2) is 4.79 Å². The van der Waals surface area contributed by atoms with Gasteiger partial charge in [-0.2, -0.15) is 13.2 Å². The molecule has 0 aromatic heterocycles. The van der Waals surface area contributed by atoms with Gasteiger partial charge in [0.25, 0.3) is 0 Å². The van der Waals surface area contributed by atoms with Crippen molar-refractivity contribution in [2.24, 2.45) is 5.41 Å². The van der Waals surface area contributed by atoms with E-state index in [1.807, 2.05) is 0 Å². The molecular formula is C16H19F3N2O2. The van der Waals surface area contributed by atoms with E-state index in [9.17, 15) is 18.0 Å². The van der Waals surface area contributed by atoms with E-state index in [2.05, 4.69) is 10.6 Å². The first-order chi connectivity index (χ1) is 10.8. The Labute approximate surface area is 132 Å². The minimum absolute atomic E-state index is 0.0171. The number of hydrogen-bond donors (Lipinski definition) is 2. The summed E-state index contributed by atoms with van der Waals surface area (Å²) in [5.41, 5.74) is 0.0253. The van der Waals surface area contributed by atoms with E-state index in [-0.39, 0.29) is 18.6 Å². The number of halogens is 3. The molecule has 0 bridgehead atoms. The van der Waals surface area contributed by atoms with Crippen LogP contribution in [0.5, 0.6) is 5.75 Å². The number of methoxy groups -OCH3 is 1. The van der Waals surface area contributed by atoms with Crippen LogP contribution in [0.25, 0.3) is 0 Å². The van der Waals surface area contributed by atoms with E-state index in [4.69, 9.17) is 4.74 Å². The first-order valence-corrected chi connectivity index (χ1v) is 7.60. The van der Waals surface area contributed by atoms with E-state index in [1.54, 1.807) is 0 Å². The molecular weight excluding hydrogens is 309 g/mol. The normalized spacial score (nSPS) is 19.1. The van der Waals surface area contributed by atoms with Gasteiger partial charge < -0.3 is 15.4 Å². The molecule has 126 valence electrons. The molecule has 2 aliphatic carbocycles. The van der Waals surface area contributed by atoms with Gasteiger partial charge in [0.1, 0.15) is 5.75 Å². The number of amides is 2. The van der Waals surface area contributed by atoms with Crippen molar-refractivity contribution in [2.45, 2.75) is 44.4 Å². The predicted molar refractivity (Wildman–Crippen MR) is 78.1 cm³/mol. The third kappa shape index (κ3) is 3.54. The van der Waals surface area contributed by atoms with Crippen LogP contribution in [0.4, 0.5) is 18.0 Å². The van der Waals surface area contributed by atoms with Crippen LogP contribution in [0.15, 0.2) is 18.2 Å². The largest absolute Gasteiger partial charge is 0.496 e. The van der Waals surface area contributed by atoms with Crippen molar-refractivity contribution in [2.75, 3.05) is 7.11 Å². The second kappa shape index (κ2) is 5.62. The molecule has 0 unspecified atom stereocenters. The maximum absolute atomic E-state index is 12.8. The van der Waals surface area contributed by atoms with Crippen molar-refractivity contribution in [1.82, 2.24) is 10.6 Å². The number of carbonyl (C=O) groups excluding carboxylic acids is 1. The number of ether oxygens (including phenoxy) is 1. The molecule has 23 heavy (non-hydrogen) atoms. The standard InChI is InChI=1S/C16H19F3N2O2/c1-23-13-3-2-11(16(17,18)19)6-10(13)9-20-14(22)21-12-7-15(8-12)4-5-15/h2-3,6,12H,4-5,7-9H2,1H3,(H2,20,21,22). The maximum atomic E-state index is 12.8. The topological polar surface area (TPSA) is 50.4 Å². The number of carbonyl (C=O) groups is 1. The predicted octanol–water partition coefficient (Wildman–Crippen LogP) is 3.46. The average Bonchev–Trinajstić information content (AvgIpc) is 3.24. The lowest BCUT2D eigenvalue weighted by molar-refractivity contribution is -0.137. The van der Waals surface area contributed by atoms with Crippen LogP contribution >= 0.6 is 0 Å². The molecule has 1 aromatic carbocycles. The van der Waals surface area contributed by atoms with Gasteiger partial charge in [0.05, 0.1) is 12.7 Å². The van der Waals surface area contributed by atoms with Crippen molar-refractivity contribution in [3.63, 3.8) is 0 Å². The lowest BCUT2D eigenvalue weighted by Crippen LogP contribution is -2.48. The summed E-state index contributed by atoms with van der Waals surface area (Å²) in [7, 11) is 1.38. The Morgan fingerprint density at radius 1 is 1.35 bits per heavy atom. The van der Waals surface area contributed by atoms with E-state index < -0.39 is 11.7 Å². The van der Waals surface area contributed by atoms with Crippen LogP contribution in [-0.2, 0) is 12.7 Å². The third-order valence-corrected chi connectivity index (χ3v) is 4.70. The van der Waals surface area contributed by atoms with Crippen molar-refractivity contribution in [3.05, 3.63) is 29.3 Å². The average molecular weight is 328 g/mol. The fourth-order valence-electron chi connectivity index (χ4n) is 3.18. The summed E-state index contributed by atoms with van der Waals surface area (Å²) in [5.74, 6) is 0.318. The Hall–Kier alpha value is -1.92. The lowest BCUT2D eigenvalue weighted by atomic mass is 9.77. The number of urea groups is 1. The molecule has 3 rings (SSSR count). The highest BCUT2D eigenvalue weighted by atomic mass is 19.4. The van der Waals surface area contributed by atoms with Gasteiger partial charge in [-0.1, -0.05) is 0 Å². The zero-order chi connectivity index (χ0) is 16.7. The molecule has 1 spiro atoms. The monoisotopic (exact) mass is 328 g/mol. The molecule has 2 aliphatic rings. The minimum atomic E-state index is -4.42. The van der Waals surface area contributed by atoms with Crippen LogP contribution < -0.4 is 15.4 Å². The maximum Gasteiger partial charge on any atom is 0.416 e. The molecule has 2 saturated carbocycles. The minimum Gasteiger partial charge on any atom is -0.496 e. The highest BCUT2D eigenvalue weighted by molar-refractivity contribution is 5.74. The van der Waals surface area contributed by atoms with Gasteiger partial charge >= 0.3 is 12.2 Å². The zero-order valence-electron chi connectivity index (χ0n) is 12.8. The first-order valence-electron chi connectivity index (χ1n) is 7.60. The number of hydrogen-bond acceptors (Lipinski definition) is 2. The summed E-state index contributed by atoms with van der Waals surface area (Å²) < 4.78 is 43.4. The van der Waals surface area contributed by atoms with E-state index in [0.29, 0.717) is 16.7 Å². The molecule has 0 saturated heterocycles. The summed E-state index contributed by atoms with van der Waals surface area (Å²) in [6.45, 7) is -0.0171. The molecule has 7 heteroatoms. The molecule has 0 radical (unpaired) electrons. The molecule has 2 fully saturated rings. The van der Waals surface area contributed by atoms with Crippen molar-refractivity contribution in [1.29, 1.82) is 0 Å². The molecule has 1 aromatic rings. The van der Waals surface area contributed by atoms with Gasteiger partial charge in [0.2, 0.25) is 0 Å². The lowest BCUT2D eigenvalue weighted by Gasteiger charge is -2.36. The number of nitrogens with one attached hydrogen (secondary N) is 2. The fraction of sp³-hybridized carbons (Fsp3) is 0.562. The smallest absolute Gasteiger partial charge is 0.416 e. The van der Waals surface area contributed by atoms with Crippen LogP contribution in [0, 0.1) is 5.41 Å². The Balaban J connectivity index is 1.56. The first kappa shape index (κ1) is 16.0. The molecule has 4 nitrogen and oxygen atoms in total. The molecule has 2 N–H and O–H groups in total. The van der Waals surface area contributed by atoms with Crippen molar-refractivity contribution < 1.29 is 22.7 Å². The van der Waals surface area contributed by atoms with Crippen molar-refractivity contribution in [3.8, 4) is 5.75 Å². The van der Waals surface area contributed by atoms with Crippen LogP contribution in [0.1, 0.15) is 36.8 Å². The second-order valence-electron chi connectivity index (χ2n) is 6.46. The Morgan fingerprint density at radius 2 is 2.04 bits per heavy atom. The molecule has 2 amide bonds. The van der Waals surface area contributed by atoms with Gasteiger partial charge in [-0.15, -0.1) is 0 Å². The quantitative estimate of drug-likeness (QED) is 0.889. The number of alkyl halides is 3. The third-order valence-electron chi connectivity index (χ3n) is 4.70. The summed E-state index contributed by atoms with van der Waals surface area (Å²) in [4.78, 5) is 11.8. The molecule has 0 atom stereocenters. The molecule has 0 aliphatic heterocycles. The summed E-state index contributed by atoms with van der Waals surface area (Å²) in [6.07, 6.45) is 0.0802. The van der Waals surface area contributed by atoms with Crippen LogP contribution in [0.3, 0.4) is 0 Å². The van der Waals surface area contributed by atoms with Crippen LogP contribution in [-0.4, -0.2) is 19.2 Å². The van der Waals surface area contributed by atoms with E-state index in [0.717, 1.165) is 25.0 Å². The number of rotatable bonds is 4. The second-order valence-corrected chi connectivity index (χ2v) is 6.46.